The standard InChI is InChI=1S/C15H12ClF3N2OS/c1-8-2-5-13(22-14(18)19)12(6-8)21-15(23)20-9-3-4-11(17)10(16)7-9/h2-7,14H,1H3,(H2,20,21,23). The van der Waals surface area contributed by atoms with Crippen LogP contribution in [0.3, 0.4) is 0 Å². The van der Waals surface area contributed by atoms with Gasteiger partial charge in [0.25, 0.3) is 0 Å². The largest absolute Gasteiger partial charge is 0.433 e. The topological polar surface area (TPSA) is 33.3 Å². The van der Waals surface area contributed by atoms with Gasteiger partial charge in [-0.15, -0.1) is 0 Å². The molecule has 122 valence electrons. The molecule has 0 unspecified atom stereocenters. The number of aryl methyl sites for hydroxylation is 1. The van der Waals surface area contributed by atoms with Gasteiger partial charge in [0.2, 0.25) is 0 Å². The highest BCUT2D eigenvalue weighted by molar-refractivity contribution is 7.80. The van der Waals surface area contributed by atoms with E-state index in [4.69, 9.17) is 23.8 Å². The minimum Gasteiger partial charge on any atom is -0.433 e. The maximum absolute atomic E-state index is 13.1. The quantitative estimate of drug-likeness (QED) is 0.734. The van der Waals surface area contributed by atoms with E-state index in [9.17, 15) is 13.2 Å². The lowest BCUT2D eigenvalue weighted by molar-refractivity contribution is -0.0493. The lowest BCUT2D eigenvalue weighted by Gasteiger charge is -2.15. The number of anilines is 2. The summed E-state index contributed by atoms with van der Waals surface area (Å²) in [4.78, 5) is 0. The number of thiocarbonyl (C=S) groups is 1. The second-order valence-corrected chi connectivity index (χ2v) is 5.40. The van der Waals surface area contributed by atoms with Crippen LogP contribution in [0.2, 0.25) is 5.02 Å². The summed E-state index contributed by atoms with van der Waals surface area (Å²) in [7, 11) is 0. The van der Waals surface area contributed by atoms with E-state index >= 15 is 0 Å². The molecule has 0 aliphatic carbocycles. The molecular weight excluding hydrogens is 349 g/mol. The molecule has 0 saturated carbocycles. The Hall–Kier alpha value is -1.99. The average Bonchev–Trinajstić information content (AvgIpc) is 2.45. The normalized spacial score (nSPS) is 10.5. The molecular formula is C15H12ClF3N2OS. The maximum atomic E-state index is 13.1. The second-order valence-electron chi connectivity index (χ2n) is 4.59. The van der Waals surface area contributed by atoms with Gasteiger partial charge in [-0.25, -0.2) is 4.39 Å². The molecule has 2 N–H and O–H groups in total. The van der Waals surface area contributed by atoms with Gasteiger partial charge in [0.05, 0.1) is 10.7 Å². The van der Waals surface area contributed by atoms with Crippen molar-refractivity contribution in [3.63, 3.8) is 0 Å². The van der Waals surface area contributed by atoms with Crippen LogP contribution >= 0.6 is 23.8 Å². The summed E-state index contributed by atoms with van der Waals surface area (Å²) < 4.78 is 42.4. The Kier molecular flexibility index (Phi) is 5.68. The van der Waals surface area contributed by atoms with Crippen LogP contribution in [0.1, 0.15) is 5.56 Å². The number of halogens is 4. The molecule has 23 heavy (non-hydrogen) atoms. The van der Waals surface area contributed by atoms with Crippen LogP contribution in [0.15, 0.2) is 36.4 Å². The third kappa shape index (κ3) is 5.01. The predicted molar refractivity (Wildman–Crippen MR) is 89.1 cm³/mol. The van der Waals surface area contributed by atoms with Crippen LogP contribution in [-0.4, -0.2) is 11.7 Å². The molecule has 0 radical (unpaired) electrons. The van der Waals surface area contributed by atoms with E-state index < -0.39 is 12.4 Å². The Morgan fingerprint density at radius 1 is 1.17 bits per heavy atom. The molecule has 0 spiro atoms. The molecule has 0 atom stereocenters. The van der Waals surface area contributed by atoms with E-state index in [1.54, 1.807) is 19.1 Å². The number of nitrogens with one attached hydrogen (secondary N) is 2. The predicted octanol–water partition coefficient (Wildman–Crippen LogP) is 5.20. The summed E-state index contributed by atoms with van der Waals surface area (Å²) in [5.41, 5.74) is 1.58. The van der Waals surface area contributed by atoms with Gasteiger partial charge in [-0.3, -0.25) is 0 Å². The van der Waals surface area contributed by atoms with Gasteiger partial charge in [-0.2, -0.15) is 8.78 Å². The maximum Gasteiger partial charge on any atom is 0.387 e. The Bertz CT molecular complexity index is 728. The van der Waals surface area contributed by atoms with Crippen LogP contribution in [-0.2, 0) is 0 Å². The number of hydrogen-bond acceptors (Lipinski definition) is 2. The average molecular weight is 361 g/mol. The van der Waals surface area contributed by atoms with Crippen molar-refractivity contribution < 1.29 is 17.9 Å². The van der Waals surface area contributed by atoms with Gasteiger partial charge in [0, 0.05) is 5.69 Å². The molecule has 0 amide bonds. The molecule has 2 aromatic carbocycles. The lowest BCUT2D eigenvalue weighted by atomic mass is 10.2. The number of ether oxygens (including phenoxy) is 1. The van der Waals surface area contributed by atoms with Gasteiger partial charge in [-0.05, 0) is 55.0 Å². The summed E-state index contributed by atoms with van der Waals surface area (Å²) in [6.07, 6.45) is 0. The van der Waals surface area contributed by atoms with Gasteiger partial charge in [0.15, 0.2) is 5.11 Å². The zero-order valence-electron chi connectivity index (χ0n) is 11.9. The monoisotopic (exact) mass is 360 g/mol. The van der Waals surface area contributed by atoms with Crippen LogP contribution in [0, 0.1) is 12.7 Å². The van der Waals surface area contributed by atoms with Crippen molar-refractivity contribution in [2.75, 3.05) is 10.6 Å². The van der Waals surface area contributed by atoms with Gasteiger partial charge >= 0.3 is 6.61 Å². The van der Waals surface area contributed by atoms with Crippen molar-refractivity contribution in [1.29, 1.82) is 0 Å². The van der Waals surface area contributed by atoms with Crippen LogP contribution < -0.4 is 15.4 Å². The van der Waals surface area contributed by atoms with E-state index in [0.29, 0.717) is 5.69 Å². The number of alkyl halides is 2. The van der Waals surface area contributed by atoms with Gasteiger partial charge in [-0.1, -0.05) is 17.7 Å². The van der Waals surface area contributed by atoms with E-state index in [2.05, 4.69) is 15.4 Å². The molecule has 0 aromatic heterocycles. The van der Waals surface area contributed by atoms with E-state index in [1.807, 2.05) is 0 Å². The molecule has 0 saturated heterocycles. The van der Waals surface area contributed by atoms with Crippen molar-refractivity contribution in [1.82, 2.24) is 0 Å². The Morgan fingerprint density at radius 2 is 1.91 bits per heavy atom. The zero-order chi connectivity index (χ0) is 17.0. The molecule has 0 aliphatic rings. The third-order valence-electron chi connectivity index (χ3n) is 2.78. The first-order valence-corrected chi connectivity index (χ1v) is 7.22. The molecule has 0 aliphatic heterocycles. The molecule has 0 bridgehead atoms. The fraction of sp³-hybridized carbons (Fsp3) is 0.133. The summed E-state index contributed by atoms with van der Waals surface area (Å²) in [6, 6.07) is 8.66. The highest BCUT2D eigenvalue weighted by Gasteiger charge is 2.11. The van der Waals surface area contributed by atoms with Crippen molar-refractivity contribution in [3.8, 4) is 5.75 Å². The van der Waals surface area contributed by atoms with Crippen molar-refractivity contribution in [2.45, 2.75) is 13.5 Å². The second kappa shape index (κ2) is 7.52. The van der Waals surface area contributed by atoms with E-state index in [1.165, 1.54) is 24.3 Å². The highest BCUT2D eigenvalue weighted by atomic mass is 35.5. The Balaban J connectivity index is 2.13. The van der Waals surface area contributed by atoms with Crippen LogP contribution in [0.5, 0.6) is 5.75 Å². The number of rotatable bonds is 4. The van der Waals surface area contributed by atoms with Crippen LogP contribution in [0.4, 0.5) is 24.5 Å². The number of hydrogen-bond donors (Lipinski definition) is 2. The van der Waals surface area contributed by atoms with Crippen molar-refractivity contribution in [2.24, 2.45) is 0 Å². The van der Waals surface area contributed by atoms with Crippen molar-refractivity contribution >= 4 is 40.3 Å². The first kappa shape index (κ1) is 17.4. The Labute approximate surface area is 141 Å². The van der Waals surface area contributed by atoms with E-state index in [0.717, 1.165) is 5.56 Å². The minimum atomic E-state index is -2.95. The summed E-state index contributed by atoms with van der Waals surface area (Å²) in [6.45, 7) is -1.15. The summed E-state index contributed by atoms with van der Waals surface area (Å²) in [5, 5.41) is 5.61. The fourth-order valence-corrected chi connectivity index (χ4v) is 2.21. The lowest BCUT2D eigenvalue weighted by Crippen LogP contribution is -2.20. The minimum absolute atomic E-state index is 0.0353. The Morgan fingerprint density at radius 3 is 2.57 bits per heavy atom. The van der Waals surface area contributed by atoms with E-state index in [-0.39, 0.29) is 21.6 Å². The summed E-state index contributed by atoms with van der Waals surface area (Å²) in [5.74, 6) is -0.589. The number of benzene rings is 2. The first-order chi connectivity index (χ1) is 10.8. The summed E-state index contributed by atoms with van der Waals surface area (Å²) >= 11 is 10.8. The smallest absolute Gasteiger partial charge is 0.387 e. The molecule has 2 aromatic rings. The molecule has 2 rings (SSSR count). The molecule has 0 fully saturated rings. The fourth-order valence-electron chi connectivity index (χ4n) is 1.80. The van der Waals surface area contributed by atoms with Gasteiger partial charge < -0.3 is 15.4 Å². The van der Waals surface area contributed by atoms with Gasteiger partial charge in [0.1, 0.15) is 11.6 Å². The molecule has 0 heterocycles. The first-order valence-electron chi connectivity index (χ1n) is 6.43. The SMILES string of the molecule is Cc1ccc(OC(F)F)c(NC(=S)Nc2ccc(F)c(Cl)c2)c1. The van der Waals surface area contributed by atoms with Crippen molar-refractivity contribution in [3.05, 3.63) is 52.8 Å². The third-order valence-corrected chi connectivity index (χ3v) is 3.27. The highest BCUT2D eigenvalue weighted by Crippen LogP contribution is 2.27. The zero-order valence-corrected chi connectivity index (χ0v) is 13.4. The molecule has 8 heteroatoms. The van der Waals surface area contributed by atoms with Crippen LogP contribution in [0.25, 0.3) is 0 Å². The molecule has 3 nitrogen and oxygen atoms in total.